The van der Waals surface area contributed by atoms with Gasteiger partial charge in [0.15, 0.2) is 0 Å². The predicted molar refractivity (Wildman–Crippen MR) is 176 cm³/mol. The highest BCUT2D eigenvalue weighted by atomic mass is 32.1. The number of rotatable bonds is 7. The number of aromatic nitrogens is 5. The summed E-state index contributed by atoms with van der Waals surface area (Å²) < 4.78 is 18.7. The summed E-state index contributed by atoms with van der Waals surface area (Å²) in [5, 5.41) is 13.5. The fraction of sp³-hybridized carbons (Fsp3) is 0.429. The van der Waals surface area contributed by atoms with Gasteiger partial charge in [-0.05, 0) is 73.6 Å². The van der Waals surface area contributed by atoms with Gasteiger partial charge in [-0.25, -0.2) is 4.98 Å². The second-order valence-electron chi connectivity index (χ2n) is 12.8. The van der Waals surface area contributed by atoms with Gasteiger partial charge < -0.3 is 24.1 Å². The third kappa shape index (κ3) is 5.01. The van der Waals surface area contributed by atoms with E-state index >= 15 is 0 Å². The number of carbonyl (C=O) groups is 1. The van der Waals surface area contributed by atoms with Crippen LogP contribution in [0.25, 0.3) is 32.0 Å². The van der Waals surface area contributed by atoms with Crippen LogP contribution in [-0.4, -0.2) is 68.9 Å². The van der Waals surface area contributed by atoms with Crippen LogP contribution in [0.5, 0.6) is 0 Å². The maximum atomic E-state index is 14.3. The Morgan fingerprint density at radius 2 is 1.94 bits per heavy atom. The molecule has 3 aliphatic heterocycles. The fourth-order valence-corrected chi connectivity index (χ4v) is 8.84. The largest absolute Gasteiger partial charge is 0.421 e. The summed E-state index contributed by atoms with van der Waals surface area (Å²) in [4.78, 5) is 31.8. The number of nitrogens with zero attached hydrogens (tertiary/aromatic N) is 6. The van der Waals surface area contributed by atoms with Crippen molar-refractivity contribution in [2.45, 2.75) is 57.5 Å². The first kappa shape index (κ1) is 28.9. The number of fused-ring (bicyclic) bond motifs is 5. The number of hydrogen-bond donors (Lipinski definition) is 1. The first-order valence-electron chi connectivity index (χ1n) is 16.6. The Bertz CT molecular complexity index is 2000. The van der Waals surface area contributed by atoms with Crippen molar-refractivity contribution in [1.29, 1.82) is 0 Å². The SMILES string of the molecule is Cc1nnc(-c2c(CCC3CCOCC3)nc3c(c2-c2cc4ccnc(N[C@H]5CCc6ncccc65)c4s2)C(=O)N2CCOC[C@H]32)o1. The summed E-state index contributed by atoms with van der Waals surface area (Å²) in [7, 11) is 0. The average molecular weight is 650 g/mol. The number of morpholine rings is 1. The molecular formula is C35H35N7O4S. The number of carbonyl (C=O) groups excluding carboxylic acids is 1. The van der Waals surface area contributed by atoms with E-state index in [1.165, 1.54) is 5.56 Å². The molecule has 4 aliphatic rings. The zero-order valence-electron chi connectivity index (χ0n) is 26.2. The normalized spacial score (nSPS) is 20.9. The maximum absolute atomic E-state index is 14.3. The molecule has 240 valence electrons. The van der Waals surface area contributed by atoms with Crippen molar-refractivity contribution in [2.24, 2.45) is 5.92 Å². The van der Waals surface area contributed by atoms with Crippen LogP contribution >= 0.6 is 11.3 Å². The quantitative estimate of drug-likeness (QED) is 0.221. The van der Waals surface area contributed by atoms with Crippen molar-refractivity contribution in [3.05, 3.63) is 70.8 Å². The fourth-order valence-electron chi connectivity index (χ4n) is 7.68. The highest BCUT2D eigenvalue weighted by Crippen LogP contribution is 2.49. The topological polar surface area (TPSA) is 128 Å². The van der Waals surface area contributed by atoms with Crippen LogP contribution in [0, 0.1) is 12.8 Å². The average Bonchev–Trinajstić information content (AvgIpc) is 3.90. The van der Waals surface area contributed by atoms with E-state index < -0.39 is 0 Å². The van der Waals surface area contributed by atoms with Gasteiger partial charge in [-0.3, -0.25) is 14.8 Å². The zero-order valence-corrected chi connectivity index (χ0v) is 27.0. The molecule has 1 N–H and O–H groups in total. The minimum Gasteiger partial charge on any atom is -0.421 e. The Morgan fingerprint density at radius 3 is 2.81 bits per heavy atom. The number of amides is 1. The smallest absolute Gasteiger partial charge is 0.257 e. The van der Waals surface area contributed by atoms with Gasteiger partial charge >= 0.3 is 0 Å². The minimum atomic E-state index is -0.213. The van der Waals surface area contributed by atoms with Gasteiger partial charge in [-0.2, -0.15) is 0 Å². The lowest BCUT2D eigenvalue weighted by Gasteiger charge is -2.29. The summed E-state index contributed by atoms with van der Waals surface area (Å²) in [6, 6.07) is 8.28. The van der Waals surface area contributed by atoms with Crippen molar-refractivity contribution in [3.63, 3.8) is 0 Å². The van der Waals surface area contributed by atoms with Gasteiger partial charge in [0, 0.05) is 55.2 Å². The Labute approximate surface area is 275 Å². The van der Waals surface area contributed by atoms with Crippen LogP contribution in [0.2, 0.25) is 0 Å². The van der Waals surface area contributed by atoms with Crippen LogP contribution in [0.1, 0.15) is 76.7 Å². The number of nitrogens with one attached hydrogen (secondary N) is 1. The number of ether oxygens (including phenoxy) is 2. The van der Waals surface area contributed by atoms with Crippen LogP contribution in [0.15, 0.2) is 41.1 Å². The number of anilines is 1. The first-order chi connectivity index (χ1) is 23.1. The zero-order chi connectivity index (χ0) is 31.5. The molecule has 0 aromatic carbocycles. The molecule has 0 radical (unpaired) electrons. The van der Waals surface area contributed by atoms with E-state index in [1.54, 1.807) is 18.3 Å². The predicted octanol–water partition coefficient (Wildman–Crippen LogP) is 6.10. The van der Waals surface area contributed by atoms with E-state index in [2.05, 4.69) is 32.6 Å². The molecule has 2 fully saturated rings. The molecule has 11 nitrogen and oxygen atoms in total. The summed E-state index contributed by atoms with van der Waals surface area (Å²) in [5.41, 5.74) is 6.24. The van der Waals surface area contributed by atoms with Gasteiger partial charge in [0.05, 0.1) is 52.5 Å². The second-order valence-corrected chi connectivity index (χ2v) is 13.9. The third-order valence-electron chi connectivity index (χ3n) is 10.1. The first-order valence-corrected chi connectivity index (χ1v) is 17.4. The third-order valence-corrected chi connectivity index (χ3v) is 11.2. The highest BCUT2D eigenvalue weighted by Gasteiger charge is 2.44. The lowest BCUT2D eigenvalue weighted by Crippen LogP contribution is -2.38. The molecule has 2 atom stereocenters. The summed E-state index contributed by atoms with van der Waals surface area (Å²) in [6.45, 7) is 4.87. The molecule has 9 rings (SSSR count). The van der Waals surface area contributed by atoms with Gasteiger partial charge in [0.1, 0.15) is 5.82 Å². The van der Waals surface area contributed by atoms with Gasteiger partial charge in [-0.15, -0.1) is 21.5 Å². The lowest BCUT2D eigenvalue weighted by molar-refractivity contribution is 0.00352. The lowest BCUT2D eigenvalue weighted by atomic mass is 9.90. The molecule has 8 heterocycles. The summed E-state index contributed by atoms with van der Waals surface area (Å²) >= 11 is 1.64. The molecule has 5 aromatic heterocycles. The van der Waals surface area contributed by atoms with Crippen molar-refractivity contribution < 1.29 is 18.7 Å². The highest BCUT2D eigenvalue weighted by molar-refractivity contribution is 7.23. The monoisotopic (exact) mass is 649 g/mol. The Balaban J connectivity index is 1.21. The van der Waals surface area contributed by atoms with E-state index in [0.29, 0.717) is 43.0 Å². The van der Waals surface area contributed by atoms with Crippen molar-refractivity contribution in [3.8, 4) is 21.9 Å². The van der Waals surface area contributed by atoms with Crippen LogP contribution in [-0.2, 0) is 22.3 Å². The molecule has 0 unspecified atom stereocenters. The van der Waals surface area contributed by atoms with Crippen LogP contribution in [0.3, 0.4) is 0 Å². The number of thiophene rings is 1. The second kappa shape index (κ2) is 11.8. The standard InChI is InChI=1S/C35H35N7O4S/c1-19-40-41-34(46-19)28-25(5-4-20-9-14-44-15-10-20)38-31-26-18-45-16-13-42(26)35(43)30(31)29(28)27-17-21-8-12-37-33(32(21)47-27)39-24-7-6-23-22(24)3-2-11-36-23/h2-3,8,11-12,17,20,24,26H,4-7,9-10,13-16,18H2,1H3,(H,37,39)/t24-,26+/m0/s1. The molecule has 5 aromatic rings. The molecule has 12 heteroatoms. The molecule has 1 aliphatic carbocycles. The van der Waals surface area contributed by atoms with E-state index in [4.69, 9.17) is 23.9 Å². The van der Waals surface area contributed by atoms with E-state index in [9.17, 15) is 4.79 Å². The molecule has 0 saturated carbocycles. The van der Waals surface area contributed by atoms with Crippen molar-refractivity contribution in [2.75, 3.05) is 38.3 Å². The Hall–Kier alpha value is -4.26. The molecule has 1 amide bonds. The van der Waals surface area contributed by atoms with E-state index in [1.807, 2.05) is 29.4 Å². The van der Waals surface area contributed by atoms with Gasteiger partial charge in [0.2, 0.25) is 11.8 Å². The minimum absolute atomic E-state index is 0.0201. The molecule has 0 bridgehead atoms. The number of aryl methyl sites for hydroxylation is 3. The molecule has 0 spiro atoms. The summed E-state index contributed by atoms with van der Waals surface area (Å²) in [6.07, 6.45) is 9.39. The van der Waals surface area contributed by atoms with E-state index in [0.717, 1.165) is 101 Å². The van der Waals surface area contributed by atoms with Crippen LogP contribution in [0.4, 0.5) is 5.82 Å². The number of pyridine rings is 3. The molecule has 47 heavy (non-hydrogen) atoms. The van der Waals surface area contributed by atoms with Gasteiger partial charge in [-0.1, -0.05) is 6.07 Å². The van der Waals surface area contributed by atoms with Crippen molar-refractivity contribution >= 4 is 33.1 Å². The maximum Gasteiger partial charge on any atom is 0.257 e. The molecular weight excluding hydrogens is 614 g/mol. The van der Waals surface area contributed by atoms with E-state index in [-0.39, 0.29) is 18.0 Å². The Morgan fingerprint density at radius 1 is 1.02 bits per heavy atom. The van der Waals surface area contributed by atoms with Crippen LogP contribution < -0.4 is 5.32 Å². The van der Waals surface area contributed by atoms with Crippen molar-refractivity contribution in [1.82, 2.24) is 30.0 Å². The Kier molecular flexibility index (Phi) is 7.24. The van der Waals surface area contributed by atoms with Gasteiger partial charge in [0.25, 0.3) is 5.91 Å². The summed E-state index contributed by atoms with van der Waals surface area (Å²) in [5.74, 6) is 2.23. The molecule has 2 saturated heterocycles. The number of hydrogen-bond acceptors (Lipinski definition) is 11.